The lowest BCUT2D eigenvalue weighted by Gasteiger charge is -2.09. The van der Waals surface area contributed by atoms with Gasteiger partial charge in [0.1, 0.15) is 9.96 Å². The van der Waals surface area contributed by atoms with Gasteiger partial charge in [-0.25, -0.2) is 13.2 Å². The summed E-state index contributed by atoms with van der Waals surface area (Å²) in [5.41, 5.74) is 6.37. The van der Waals surface area contributed by atoms with Crippen LogP contribution in [0.15, 0.2) is 63.7 Å². The molecule has 0 radical (unpaired) electrons. The van der Waals surface area contributed by atoms with Crippen LogP contribution in [0.3, 0.4) is 0 Å². The number of carbonyl (C=O) groups is 1. The van der Waals surface area contributed by atoms with E-state index in [1.165, 1.54) is 24.3 Å². The minimum Gasteiger partial charge on any atom is -0.478 e. The second-order valence-corrected chi connectivity index (χ2v) is 8.98. The largest absolute Gasteiger partial charge is 0.573 e. The molecule has 1 heterocycles. The first kappa shape index (κ1) is 20.7. The molecule has 0 aliphatic carbocycles. The number of benzene rings is 2. The van der Waals surface area contributed by atoms with Gasteiger partial charge in [-0.2, -0.15) is 0 Å². The molecule has 3 rings (SSSR count). The lowest BCUT2D eigenvalue weighted by Crippen LogP contribution is -2.17. The van der Waals surface area contributed by atoms with Crippen LogP contribution in [-0.2, 0) is 9.84 Å². The molecule has 152 valence electrons. The Hall–Kier alpha value is -3.05. The van der Waals surface area contributed by atoms with E-state index >= 15 is 0 Å². The zero-order valence-corrected chi connectivity index (χ0v) is 15.9. The van der Waals surface area contributed by atoms with Crippen molar-refractivity contribution < 1.29 is 36.2 Å². The smallest absolute Gasteiger partial charge is 0.478 e. The Morgan fingerprint density at radius 1 is 1.03 bits per heavy atom. The molecule has 0 saturated carbocycles. The normalized spacial score (nSPS) is 12.0. The third-order valence-corrected chi connectivity index (χ3v) is 7.03. The van der Waals surface area contributed by atoms with E-state index in [1.807, 2.05) is 0 Å². The van der Waals surface area contributed by atoms with Gasteiger partial charge in [0.15, 0.2) is 0 Å². The van der Waals surface area contributed by atoms with Gasteiger partial charge in [0.2, 0.25) is 9.84 Å². The fourth-order valence-electron chi connectivity index (χ4n) is 2.57. The number of anilines is 1. The highest BCUT2D eigenvalue weighted by Gasteiger charge is 2.31. The number of halogens is 3. The van der Waals surface area contributed by atoms with Crippen molar-refractivity contribution in [1.29, 1.82) is 0 Å². The van der Waals surface area contributed by atoms with Crippen molar-refractivity contribution in [3.63, 3.8) is 0 Å². The van der Waals surface area contributed by atoms with Crippen LogP contribution in [0.1, 0.15) is 10.4 Å². The van der Waals surface area contributed by atoms with Gasteiger partial charge in [-0.15, -0.1) is 24.5 Å². The van der Waals surface area contributed by atoms with Crippen LogP contribution in [0.25, 0.3) is 11.1 Å². The second kappa shape index (κ2) is 7.41. The highest BCUT2D eigenvalue weighted by molar-refractivity contribution is 7.93. The number of hydrogen-bond acceptors (Lipinski definition) is 6. The number of alkyl halides is 3. The summed E-state index contributed by atoms with van der Waals surface area (Å²) >= 11 is 0.731. The molecular formula is C18H12F3NO5S2. The van der Waals surface area contributed by atoms with E-state index < -0.39 is 27.9 Å². The number of carboxylic acids is 1. The molecule has 11 heteroatoms. The predicted molar refractivity (Wildman–Crippen MR) is 99.7 cm³/mol. The van der Waals surface area contributed by atoms with Gasteiger partial charge in [0, 0.05) is 5.56 Å². The van der Waals surface area contributed by atoms with Crippen molar-refractivity contribution in [2.75, 3.05) is 5.73 Å². The third-order valence-electron chi connectivity index (χ3n) is 3.82. The molecule has 0 unspecified atom stereocenters. The van der Waals surface area contributed by atoms with Crippen LogP contribution in [0, 0.1) is 0 Å². The van der Waals surface area contributed by atoms with Crippen molar-refractivity contribution >= 4 is 32.1 Å². The van der Waals surface area contributed by atoms with Crippen molar-refractivity contribution in [3.8, 4) is 16.9 Å². The average molecular weight is 443 g/mol. The Bertz CT molecular complexity index is 1170. The summed E-state index contributed by atoms with van der Waals surface area (Å²) in [5.74, 6) is -1.76. The number of sulfone groups is 1. The number of ether oxygens (including phenoxy) is 1. The van der Waals surface area contributed by atoms with E-state index in [2.05, 4.69) is 4.74 Å². The molecule has 0 spiro atoms. The quantitative estimate of drug-likeness (QED) is 0.604. The van der Waals surface area contributed by atoms with E-state index in [0.717, 1.165) is 35.6 Å². The van der Waals surface area contributed by atoms with Crippen LogP contribution in [0.2, 0.25) is 0 Å². The average Bonchev–Trinajstić information content (AvgIpc) is 3.03. The molecule has 0 atom stereocenters. The molecular weight excluding hydrogens is 431 g/mol. The van der Waals surface area contributed by atoms with Gasteiger partial charge < -0.3 is 15.6 Å². The zero-order chi connectivity index (χ0) is 21.4. The zero-order valence-electron chi connectivity index (χ0n) is 14.3. The predicted octanol–water partition coefficient (Wildman–Crippen LogP) is 4.43. The van der Waals surface area contributed by atoms with Gasteiger partial charge in [0.05, 0.1) is 15.5 Å². The van der Waals surface area contributed by atoms with Gasteiger partial charge in [0.25, 0.3) is 0 Å². The molecule has 0 aliphatic rings. The van der Waals surface area contributed by atoms with Crippen LogP contribution >= 0.6 is 11.3 Å². The minimum atomic E-state index is -4.89. The van der Waals surface area contributed by atoms with Gasteiger partial charge in [-0.3, -0.25) is 0 Å². The van der Waals surface area contributed by atoms with Crippen LogP contribution in [0.5, 0.6) is 5.75 Å². The summed E-state index contributed by atoms with van der Waals surface area (Å²) in [4.78, 5) is 11.2. The maximum Gasteiger partial charge on any atom is 0.573 e. The molecule has 29 heavy (non-hydrogen) atoms. The van der Waals surface area contributed by atoms with Crippen molar-refractivity contribution in [2.24, 2.45) is 0 Å². The Morgan fingerprint density at radius 3 is 2.24 bits per heavy atom. The Morgan fingerprint density at radius 2 is 1.66 bits per heavy atom. The highest BCUT2D eigenvalue weighted by Crippen LogP contribution is 2.40. The van der Waals surface area contributed by atoms with Crippen LogP contribution < -0.4 is 10.5 Å². The maximum absolute atomic E-state index is 12.8. The minimum absolute atomic E-state index is 0.0467. The van der Waals surface area contributed by atoms with E-state index in [9.17, 15) is 31.5 Å². The number of thiophene rings is 1. The number of aromatic carboxylic acids is 1. The molecule has 0 fully saturated rings. The third kappa shape index (κ3) is 4.35. The fourth-order valence-corrected chi connectivity index (χ4v) is 5.23. The van der Waals surface area contributed by atoms with E-state index in [4.69, 9.17) is 5.73 Å². The number of carboxylic acid groups (broad SMARTS) is 1. The Labute approximate surface area is 166 Å². The lowest BCUT2D eigenvalue weighted by molar-refractivity contribution is -0.274. The summed E-state index contributed by atoms with van der Waals surface area (Å²) in [6.45, 7) is 0. The summed E-state index contributed by atoms with van der Waals surface area (Å²) < 4.78 is 65.9. The summed E-state index contributed by atoms with van der Waals surface area (Å²) in [7, 11) is -4.09. The van der Waals surface area contributed by atoms with Crippen molar-refractivity contribution in [3.05, 3.63) is 60.2 Å². The molecule has 3 aromatic rings. The monoisotopic (exact) mass is 443 g/mol. The molecule has 0 bridgehead atoms. The Kier molecular flexibility index (Phi) is 5.28. The molecule has 0 saturated heterocycles. The summed E-state index contributed by atoms with van der Waals surface area (Å²) in [6.07, 6.45) is -4.89. The number of rotatable bonds is 5. The molecule has 1 aromatic heterocycles. The second-order valence-electron chi connectivity index (χ2n) is 5.72. The van der Waals surface area contributed by atoms with Crippen molar-refractivity contribution in [1.82, 2.24) is 0 Å². The SMILES string of the molecule is Nc1sc(S(=O)(=O)c2ccc(OC(F)(F)F)cc2)cc1-c1ccccc1C(=O)O. The molecule has 6 nitrogen and oxygen atoms in total. The van der Waals surface area contributed by atoms with E-state index in [1.54, 1.807) is 6.07 Å². The topological polar surface area (TPSA) is 107 Å². The first-order valence-electron chi connectivity index (χ1n) is 7.82. The van der Waals surface area contributed by atoms with Gasteiger partial charge in [-0.05, 0) is 42.0 Å². The van der Waals surface area contributed by atoms with Gasteiger partial charge >= 0.3 is 12.3 Å². The van der Waals surface area contributed by atoms with Gasteiger partial charge in [-0.1, -0.05) is 18.2 Å². The van der Waals surface area contributed by atoms with Crippen LogP contribution in [-0.4, -0.2) is 25.9 Å². The van der Waals surface area contributed by atoms with Crippen LogP contribution in [0.4, 0.5) is 18.2 Å². The number of nitrogen functional groups attached to an aromatic ring is 1. The van der Waals surface area contributed by atoms with E-state index in [-0.39, 0.29) is 30.8 Å². The van der Waals surface area contributed by atoms with E-state index in [0.29, 0.717) is 0 Å². The molecule has 0 aliphatic heterocycles. The first-order valence-corrected chi connectivity index (χ1v) is 10.1. The summed E-state index contributed by atoms with van der Waals surface area (Å²) in [6, 6.07) is 11.0. The maximum atomic E-state index is 12.8. The lowest BCUT2D eigenvalue weighted by atomic mass is 10.0. The number of nitrogens with two attached hydrogens (primary N) is 1. The molecule has 2 aromatic carbocycles. The molecule has 0 amide bonds. The Balaban J connectivity index is 2.00. The standard InChI is InChI=1S/C18H12F3NO5S2/c19-18(20,21)27-10-5-7-11(8-6-10)29(25,26)15-9-14(16(22)28-15)12-3-1-2-4-13(12)17(23)24/h1-9H,22H2,(H,23,24). The number of hydrogen-bond donors (Lipinski definition) is 2. The van der Waals surface area contributed by atoms with Crippen molar-refractivity contribution in [2.45, 2.75) is 15.5 Å². The molecule has 3 N–H and O–H groups in total. The summed E-state index contributed by atoms with van der Waals surface area (Å²) in [5, 5.41) is 9.41. The highest BCUT2D eigenvalue weighted by atomic mass is 32.2. The first-order chi connectivity index (χ1) is 13.5. The fraction of sp³-hybridized carbons (Fsp3) is 0.0556.